The number of carboxylic acid groups (broad SMARTS) is 1. The van der Waals surface area contributed by atoms with Crippen LogP contribution in [0.3, 0.4) is 0 Å². The molecule has 0 bridgehead atoms. The van der Waals surface area contributed by atoms with Gasteiger partial charge in [0.1, 0.15) is 6.04 Å². The van der Waals surface area contributed by atoms with E-state index in [4.69, 9.17) is 0 Å². The number of rotatable bonds is 4. The fourth-order valence-corrected chi connectivity index (χ4v) is 2.60. The third kappa shape index (κ3) is 3.97. The second kappa shape index (κ2) is 6.61. The Morgan fingerprint density at radius 1 is 1.29 bits per heavy atom. The first-order valence-corrected chi connectivity index (χ1v) is 7.32. The summed E-state index contributed by atoms with van der Waals surface area (Å²) < 4.78 is 0. The fraction of sp³-hybridized carbons (Fsp3) is 0.500. The highest BCUT2D eigenvalue weighted by molar-refractivity contribution is 5.82. The van der Waals surface area contributed by atoms with E-state index < -0.39 is 12.0 Å². The molecule has 5 nitrogen and oxygen atoms in total. The van der Waals surface area contributed by atoms with Gasteiger partial charge in [-0.1, -0.05) is 38.1 Å². The molecule has 0 aromatic heterocycles. The summed E-state index contributed by atoms with van der Waals surface area (Å²) >= 11 is 0. The molecule has 1 aliphatic heterocycles. The van der Waals surface area contributed by atoms with E-state index in [1.165, 1.54) is 5.56 Å². The molecule has 1 aromatic rings. The van der Waals surface area contributed by atoms with E-state index in [1.54, 1.807) is 4.90 Å². The van der Waals surface area contributed by atoms with Crippen molar-refractivity contribution >= 4 is 12.0 Å². The van der Waals surface area contributed by atoms with Gasteiger partial charge >= 0.3 is 12.0 Å². The van der Waals surface area contributed by atoms with Crippen LogP contribution in [0.2, 0.25) is 0 Å². The Bertz CT molecular complexity index is 528. The van der Waals surface area contributed by atoms with E-state index in [0.29, 0.717) is 19.5 Å². The molecule has 5 heteroatoms. The molecule has 2 N–H and O–H groups in total. The van der Waals surface area contributed by atoms with Crippen LogP contribution in [0.25, 0.3) is 0 Å². The van der Waals surface area contributed by atoms with Crippen LogP contribution in [0.4, 0.5) is 4.79 Å². The van der Waals surface area contributed by atoms with Gasteiger partial charge in [0.05, 0.1) is 0 Å². The number of carboxylic acids is 1. The number of fused-ring (bicyclic) bond motifs is 1. The van der Waals surface area contributed by atoms with Crippen LogP contribution in [-0.2, 0) is 17.8 Å². The molecule has 0 fully saturated rings. The largest absolute Gasteiger partial charge is 0.480 e. The lowest BCUT2D eigenvalue weighted by Crippen LogP contribution is -2.49. The number of carbonyl (C=O) groups is 2. The number of benzene rings is 1. The van der Waals surface area contributed by atoms with Crippen LogP contribution in [0.1, 0.15) is 31.4 Å². The Kier molecular flexibility index (Phi) is 4.83. The summed E-state index contributed by atoms with van der Waals surface area (Å²) in [5.74, 6) is -0.761. The standard InChI is InChI=1S/C16H22N2O3/c1-11(2)9-14(15(19)20)17-16(21)18-8-7-12-5-3-4-6-13(12)10-18/h3-6,11,14H,7-10H2,1-2H3,(H,17,21)(H,19,20)/t14-/m1/s1. The number of urea groups is 1. The summed E-state index contributed by atoms with van der Waals surface area (Å²) in [6.07, 6.45) is 1.25. The summed E-state index contributed by atoms with van der Waals surface area (Å²) in [5, 5.41) is 11.8. The fourth-order valence-electron chi connectivity index (χ4n) is 2.60. The number of amides is 2. The Morgan fingerprint density at radius 2 is 1.95 bits per heavy atom. The normalized spacial score (nSPS) is 15.5. The summed E-state index contributed by atoms with van der Waals surface area (Å²) in [6, 6.07) is 6.92. The molecule has 2 rings (SSSR count). The SMILES string of the molecule is CC(C)C[C@@H](NC(=O)N1CCc2ccccc2C1)C(=O)O. The third-order valence-corrected chi connectivity index (χ3v) is 3.72. The molecule has 2 amide bonds. The zero-order chi connectivity index (χ0) is 15.4. The summed E-state index contributed by atoms with van der Waals surface area (Å²) in [4.78, 5) is 25.2. The van der Waals surface area contributed by atoms with Crippen LogP contribution in [0, 0.1) is 5.92 Å². The number of carbonyl (C=O) groups excluding carboxylic acids is 1. The third-order valence-electron chi connectivity index (χ3n) is 3.72. The summed E-state index contributed by atoms with van der Waals surface area (Å²) in [5.41, 5.74) is 2.40. The monoisotopic (exact) mass is 290 g/mol. The molecule has 0 unspecified atom stereocenters. The molecule has 0 spiro atoms. The highest BCUT2D eigenvalue weighted by Gasteiger charge is 2.26. The molecule has 1 aliphatic rings. The number of hydrogen-bond acceptors (Lipinski definition) is 2. The molecular formula is C16H22N2O3. The maximum atomic E-state index is 12.3. The van der Waals surface area contributed by atoms with Gasteiger partial charge in [-0.3, -0.25) is 0 Å². The van der Waals surface area contributed by atoms with Crippen molar-refractivity contribution in [1.82, 2.24) is 10.2 Å². The van der Waals surface area contributed by atoms with Crippen LogP contribution >= 0.6 is 0 Å². The average Bonchev–Trinajstić information content (AvgIpc) is 2.45. The molecule has 0 aliphatic carbocycles. The van der Waals surface area contributed by atoms with E-state index in [0.717, 1.165) is 12.0 Å². The Hall–Kier alpha value is -2.04. The van der Waals surface area contributed by atoms with Gasteiger partial charge in [0.15, 0.2) is 0 Å². The smallest absolute Gasteiger partial charge is 0.326 e. The Balaban J connectivity index is 1.99. The number of nitrogens with zero attached hydrogens (tertiary/aromatic N) is 1. The highest BCUT2D eigenvalue weighted by atomic mass is 16.4. The minimum absolute atomic E-state index is 0.216. The second-order valence-corrected chi connectivity index (χ2v) is 5.91. The van der Waals surface area contributed by atoms with E-state index in [9.17, 15) is 14.7 Å². The summed E-state index contributed by atoms with van der Waals surface area (Å²) in [6.45, 7) is 5.05. The van der Waals surface area contributed by atoms with Crippen molar-refractivity contribution in [3.63, 3.8) is 0 Å². The molecule has 1 atom stereocenters. The topological polar surface area (TPSA) is 69.6 Å². The predicted octanol–water partition coefficient (Wildman–Crippen LogP) is 2.25. The van der Waals surface area contributed by atoms with E-state index in [1.807, 2.05) is 32.0 Å². The van der Waals surface area contributed by atoms with Crippen LogP contribution in [-0.4, -0.2) is 34.6 Å². The van der Waals surface area contributed by atoms with Crippen LogP contribution in [0.5, 0.6) is 0 Å². The Morgan fingerprint density at radius 3 is 2.57 bits per heavy atom. The zero-order valence-electron chi connectivity index (χ0n) is 12.5. The second-order valence-electron chi connectivity index (χ2n) is 5.91. The predicted molar refractivity (Wildman–Crippen MR) is 80.0 cm³/mol. The molecule has 0 saturated carbocycles. The molecule has 1 aromatic carbocycles. The minimum atomic E-state index is -0.977. The quantitative estimate of drug-likeness (QED) is 0.893. The summed E-state index contributed by atoms with van der Waals surface area (Å²) in [7, 11) is 0. The van der Waals surface area contributed by atoms with Crippen molar-refractivity contribution in [2.24, 2.45) is 5.92 Å². The lowest BCUT2D eigenvalue weighted by molar-refractivity contribution is -0.139. The number of nitrogens with one attached hydrogen (secondary N) is 1. The zero-order valence-corrected chi connectivity index (χ0v) is 12.5. The Labute approximate surface area is 125 Å². The van der Waals surface area contributed by atoms with Crippen LogP contribution < -0.4 is 5.32 Å². The van der Waals surface area contributed by atoms with Gasteiger partial charge in [-0.25, -0.2) is 9.59 Å². The molecule has 21 heavy (non-hydrogen) atoms. The van der Waals surface area contributed by atoms with Crippen molar-refractivity contribution in [2.75, 3.05) is 6.54 Å². The lowest BCUT2D eigenvalue weighted by atomic mass is 10.00. The van der Waals surface area contributed by atoms with Crippen molar-refractivity contribution in [3.05, 3.63) is 35.4 Å². The lowest BCUT2D eigenvalue weighted by Gasteiger charge is -2.30. The molecular weight excluding hydrogens is 268 g/mol. The van der Waals surface area contributed by atoms with Gasteiger partial charge in [0, 0.05) is 13.1 Å². The van der Waals surface area contributed by atoms with Crippen molar-refractivity contribution in [2.45, 2.75) is 39.3 Å². The van der Waals surface area contributed by atoms with E-state index in [2.05, 4.69) is 11.4 Å². The van der Waals surface area contributed by atoms with E-state index >= 15 is 0 Å². The highest BCUT2D eigenvalue weighted by Crippen LogP contribution is 2.18. The van der Waals surface area contributed by atoms with Crippen molar-refractivity contribution in [1.29, 1.82) is 0 Å². The first kappa shape index (κ1) is 15.4. The molecule has 0 saturated heterocycles. The van der Waals surface area contributed by atoms with Crippen molar-refractivity contribution < 1.29 is 14.7 Å². The van der Waals surface area contributed by atoms with Gasteiger partial charge in [0.2, 0.25) is 0 Å². The maximum Gasteiger partial charge on any atom is 0.326 e. The van der Waals surface area contributed by atoms with Gasteiger partial charge in [-0.2, -0.15) is 0 Å². The average molecular weight is 290 g/mol. The molecule has 114 valence electrons. The van der Waals surface area contributed by atoms with Crippen LogP contribution in [0.15, 0.2) is 24.3 Å². The van der Waals surface area contributed by atoms with Gasteiger partial charge in [0.25, 0.3) is 0 Å². The van der Waals surface area contributed by atoms with Crippen molar-refractivity contribution in [3.8, 4) is 0 Å². The molecule has 0 radical (unpaired) electrons. The van der Waals surface area contributed by atoms with E-state index in [-0.39, 0.29) is 11.9 Å². The first-order valence-electron chi connectivity index (χ1n) is 7.32. The van der Waals surface area contributed by atoms with Gasteiger partial charge in [-0.05, 0) is 29.9 Å². The van der Waals surface area contributed by atoms with Gasteiger partial charge in [-0.15, -0.1) is 0 Å². The number of aliphatic carboxylic acids is 1. The molecule has 1 heterocycles. The minimum Gasteiger partial charge on any atom is -0.480 e. The first-order chi connectivity index (χ1) is 9.97. The van der Waals surface area contributed by atoms with Gasteiger partial charge < -0.3 is 15.3 Å². The maximum absolute atomic E-state index is 12.3. The number of hydrogen-bond donors (Lipinski definition) is 2.